The molecule has 1 aliphatic heterocycles. The van der Waals surface area contributed by atoms with Crippen LogP contribution in [0.1, 0.15) is 25.0 Å². The van der Waals surface area contributed by atoms with Gasteiger partial charge in [0.2, 0.25) is 0 Å². The number of nitrogens with zero attached hydrogens (tertiary/aromatic N) is 1. The molecule has 2 N–H and O–H groups in total. The van der Waals surface area contributed by atoms with Crippen molar-refractivity contribution in [1.29, 1.82) is 0 Å². The molecule has 0 aromatic heterocycles. The van der Waals surface area contributed by atoms with Crippen LogP contribution >= 0.6 is 0 Å². The Morgan fingerprint density at radius 3 is 1.70 bits per heavy atom. The predicted octanol–water partition coefficient (Wildman–Crippen LogP) is 3.88. The largest absolute Gasteiger partial charge is 0.504 e. The number of benzene rings is 2. The second-order valence-electron chi connectivity index (χ2n) is 7.16. The number of carbonyl (C=O) groups excluding carboxylic acids is 1. The van der Waals surface area contributed by atoms with Gasteiger partial charge < -0.3 is 19.7 Å². The number of aromatic hydroxyl groups is 2. The van der Waals surface area contributed by atoms with E-state index in [2.05, 4.69) is 4.90 Å². The maximum atomic E-state index is 13.1. The number of ketones is 1. The molecule has 0 amide bonds. The van der Waals surface area contributed by atoms with Crippen molar-refractivity contribution < 1.29 is 24.5 Å². The van der Waals surface area contributed by atoms with E-state index in [4.69, 9.17) is 9.47 Å². The lowest BCUT2D eigenvalue weighted by atomic mass is 9.94. The van der Waals surface area contributed by atoms with E-state index in [-0.39, 0.29) is 17.3 Å². The van der Waals surface area contributed by atoms with Gasteiger partial charge in [0.05, 0.1) is 13.2 Å². The molecule has 0 spiro atoms. The van der Waals surface area contributed by atoms with Crippen LogP contribution in [-0.2, 0) is 4.79 Å². The first-order valence-electron chi connectivity index (χ1n) is 9.97. The molecule has 0 radical (unpaired) electrons. The van der Waals surface area contributed by atoms with Crippen LogP contribution < -0.4 is 9.47 Å². The number of phenols is 2. The number of hydrogen-bond donors (Lipinski definition) is 2. The van der Waals surface area contributed by atoms with Crippen LogP contribution in [0.2, 0.25) is 0 Å². The van der Waals surface area contributed by atoms with Gasteiger partial charge in [0.25, 0.3) is 0 Å². The SMILES string of the molecule is CCOc1cc(/C=C2\CN(C)C/C(=C\c3ccc(O)c(OCC)c3)C2=O)ccc1O. The molecule has 6 nitrogen and oxygen atoms in total. The van der Waals surface area contributed by atoms with Gasteiger partial charge in [0, 0.05) is 24.2 Å². The quantitative estimate of drug-likeness (QED) is 0.705. The Hall–Kier alpha value is -3.25. The number of Topliss-reactive ketones (excluding diaryl/α,β-unsaturated/α-hetero) is 1. The molecule has 1 saturated heterocycles. The Kier molecular flexibility index (Phi) is 6.79. The number of phenolic OH excluding ortho intramolecular Hbond substituents is 2. The maximum Gasteiger partial charge on any atom is 0.187 e. The molecule has 2 aromatic rings. The van der Waals surface area contributed by atoms with Crippen LogP contribution in [0.25, 0.3) is 12.2 Å². The summed E-state index contributed by atoms with van der Waals surface area (Å²) in [4.78, 5) is 15.2. The summed E-state index contributed by atoms with van der Waals surface area (Å²) in [5.41, 5.74) is 2.90. The molecule has 3 rings (SSSR count). The monoisotopic (exact) mass is 409 g/mol. The van der Waals surface area contributed by atoms with Crippen molar-refractivity contribution in [2.75, 3.05) is 33.4 Å². The fraction of sp³-hybridized carbons (Fsp3) is 0.292. The Balaban J connectivity index is 1.92. The minimum absolute atomic E-state index is 0.0230. The van der Waals surface area contributed by atoms with Gasteiger partial charge in [0.1, 0.15) is 0 Å². The standard InChI is InChI=1S/C24H27NO5/c1-4-29-22-12-16(6-8-20(22)26)10-18-14-25(3)15-19(24(18)28)11-17-7-9-21(27)23(13-17)30-5-2/h6-13,26-27H,4-5,14-15H2,1-3H3/b18-10+,19-11+. The van der Waals surface area contributed by atoms with Crippen LogP contribution in [0.3, 0.4) is 0 Å². The number of piperidine rings is 1. The van der Waals surface area contributed by atoms with Crippen molar-refractivity contribution in [2.45, 2.75) is 13.8 Å². The van der Waals surface area contributed by atoms with E-state index in [1.807, 2.05) is 33.0 Å². The fourth-order valence-corrected chi connectivity index (χ4v) is 3.40. The highest BCUT2D eigenvalue weighted by atomic mass is 16.5. The smallest absolute Gasteiger partial charge is 0.187 e. The Morgan fingerprint density at radius 2 is 1.30 bits per heavy atom. The summed E-state index contributed by atoms with van der Waals surface area (Å²) >= 11 is 0. The van der Waals surface area contributed by atoms with Crippen LogP contribution in [0.4, 0.5) is 0 Å². The topological polar surface area (TPSA) is 79.2 Å². The number of carbonyl (C=O) groups is 1. The van der Waals surface area contributed by atoms with Crippen LogP contribution in [0.15, 0.2) is 47.5 Å². The molecule has 30 heavy (non-hydrogen) atoms. The summed E-state index contributed by atoms with van der Waals surface area (Å²) in [6.45, 7) is 5.64. The summed E-state index contributed by atoms with van der Waals surface area (Å²) in [7, 11) is 1.96. The van der Waals surface area contributed by atoms with Gasteiger partial charge in [-0.2, -0.15) is 0 Å². The van der Waals surface area contributed by atoms with Gasteiger partial charge >= 0.3 is 0 Å². The molecule has 0 unspecified atom stereocenters. The third kappa shape index (κ3) is 5.02. The van der Waals surface area contributed by atoms with E-state index in [1.165, 1.54) is 0 Å². The first-order chi connectivity index (χ1) is 14.4. The fourth-order valence-electron chi connectivity index (χ4n) is 3.40. The van der Waals surface area contributed by atoms with Crippen molar-refractivity contribution in [2.24, 2.45) is 0 Å². The molecular weight excluding hydrogens is 382 g/mol. The molecule has 6 heteroatoms. The highest BCUT2D eigenvalue weighted by Gasteiger charge is 2.24. The maximum absolute atomic E-state index is 13.1. The molecule has 0 bridgehead atoms. The zero-order valence-corrected chi connectivity index (χ0v) is 17.5. The number of likely N-dealkylation sites (tertiary alicyclic amines) is 1. The highest BCUT2D eigenvalue weighted by molar-refractivity contribution is 6.14. The lowest BCUT2D eigenvalue weighted by Crippen LogP contribution is -2.34. The molecular formula is C24H27NO5. The van der Waals surface area contributed by atoms with Crippen molar-refractivity contribution in [3.63, 3.8) is 0 Å². The molecule has 1 heterocycles. The number of rotatable bonds is 6. The van der Waals surface area contributed by atoms with Crippen LogP contribution in [0, 0.1) is 0 Å². The van der Waals surface area contributed by atoms with Gasteiger partial charge in [-0.15, -0.1) is 0 Å². The molecule has 0 aliphatic carbocycles. The Bertz CT molecular complexity index is 916. The number of ether oxygens (including phenoxy) is 2. The Morgan fingerprint density at radius 1 is 0.867 bits per heavy atom. The molecule has 1 fully saturated rings. The first kappa shape index (κ1) is 21.5. The third-order valence-corrected chi connectivity index (χ3v) is 4.71. The molecule has 0 atom stereocenters. The van der Waals surface area contributed by atoms with Gasteiger partial charge in [-0.1, -0.05) is 12.1 Å². The third-order valence-electron chi connectivity index (χ3n) is 4.71. The zero-order chi connectivity index (χ0) is 21.7. The lowest BCUT2D eigenvalue weighted by molar-refractivity contribution is -0.113. The van der Waals surface area contributed by atoms with Gasteiger partial charge in [0.15, 0.2) is 28.8 Å². The first-order valence-corrected chi connectivity index (χ1v) is 9.97. The van der Waals surface area contributed by atoms with Gasteiger partial charge in [-0.3, -0.25) is 9.69 Å². The summed E-state index contributed by atoms with van der Waals surface area (Å²) in [6.07, 6.45) is 3.66. The highest BCUT2D eigenvalue weighted by Crippen LogP contribution is 2.30. The lowest BCUT2D eigenvalue weighted by Gasteiger charge is -2.26. The van der Waals surface area contributed by atoms with Crippen LogP contribution in [-0.4, -0.2) is 54.2 Å². The summed E-state index contributed by atoms with van der Waals surface area (Å²) < 4.78 is 10.9. The van der Waals surface area contributed by atoms with E-state index in [9.17, 15) is 15.0 Å². The second-order valence-corrected chi connectivity index (χ2v) is 7.16. The van der Waals surface area contributed by atoms with Crippen molar-refractivity contribution in [3.05, 3.63) is 58.7 Å². The minimum Gasteiger partial charge on any atom is -0.504 e. The van der Waals surface area contributed by atoms with Crippen molar-refractivity contribution >= 4 is 17.9 Å². The summed E-state index contributed by atoms with van der Waals surface area (Å²) in [5.74, 6) is 0.914. The van der Waals surface area contributed by atoms with Crippen LogP contribution in [0.5, 0.6) is 23.0 Å². The number of hydrogen-bond acceptors (Lipinski definition) is 6. The van der Waals surface area contributed by atoms with Crippen molar-refractivity contribution in [3.8, 4) is 23.0 Å². The van der Waals surface area contributed by atoms with Crippen molar-refractivity contribution in [1.82, 2.24) is 4.90 Å². The average Bonchev–Trinajstić information content (AvgIpc) is 2.71. The summed E-state index contributed by atoms with van der Waals surface area (Å²) in [6, 6.07) is 10.1. The van der Waals surface area contributed by atoms with E-state index in [1.54, 1.807) is 36.4 Å². The molecule has 1 aliphatic rings. The predicted molar refractivity (Wildman–Crippen MR) is 117 cm³/mol. The second kappa shape index (κ2) is 9.50. The van der Waals surface area contributed by atoms with E-state index < -0.39 is 0 Å². The van der Waals surface area contributed by atoms with E-state index >= 15 is 0 Å². The average molecular weight is 409 g/mol. The molecule has 158 valence electrons. The van der Waals surface area contributed by atoms with Gasteiger partial charge in [-0.25, -0.2) is 0 Å². The Labute approximate surface area is 176 Å². The zero-order valence-electron chi connectivity index (χ0n) is 17.5. The normalized spacial score (nSPS) is 17.5. The molecule has 2 aromatic carbocycles. The minimum atomic E-state index is -0.0230. The van der Waals surface area contributed by atoms with Gasteiger partial charge in [-0.05, 0) is 68.4 Å². The number of likely N-dealkylation sites (N-methyl/N-ethyl adjacent to an activating group) is 1. The van der Waals surface area contributed by atoms with E-state index in [0.717, 1.165) is 11.1 Å². The molecule has 0 saturated carbocycles. The van der Waals surface area contributed by atoms with E-state index in [0.29, 0.717) is 48.9 Å². The summed E-state index contributed by atoms with van der Waals surface area (Å²) in [5, 5.41) is 19.8.